The number of aliphatic hydroxyl groups excluding tert-OH is 1. The molecule has 0 radical (unpaired) electrons. The second-order valence-electron chi connectivity index (χ2n) is 3.80. The molecule has 1 unspecified atom stereocenters. The van der Waals surface area contributed by atoms with E-state index in [9.17, 15) is 9.90 Å². The molecule has 0 saturated heterocycles. The van der Waals surface area contributed by atoms with Crippen molar-refractivity contribution >= 4 is 17.5 Å². The normalized spacial score (nSPS) is 12.2. The molecule has 0 fully saturated rings. The highest BCUT2D eigenvalue weighted by Crippen LogP contribution is 2.11. The number of carbonyl (C=O) groups is 1. The summed E-state index contributed by atoms with van der Waals surface area (Å²) in [6.45, 7) is 0.438. The van der Waals surface area contributed by atoms with Gasteiger partial charge in [-0.25, -0.2) is 0 Å². The Kier molecular flexibility index (Phi) is 5.41. The molecule has 0 aliphatic heterocycles. The van der Waals surface area contributed by atoms with Gasteiger partial charge in [-0.3, -0.25) is 4.79 Å². The average Bonchev–Trinajstić information content (AvgIpc) is 2.29. The van der Waals surface area contributed by atoms with Crippen molar-refractivity contribution in [2.24, 2.45) is 0 Å². The molecule has 0 heterocycles. The van der Waals surface area contributed by atoms with Crippen LogP contribution in [0.25, 0.3) is 0 Å². The van der Waals surface area contributed by atoms with Crippen molar-refractivity contribution in [1.82, 2.24) is 4.90 Å². The molecule has 0 aromatic heterocycles. The zero-order valence-corrected chi connectivity index (χ0v) is 10.6. The van der Waals surface area contributed by atoms with Crippen molar-refractivity contribution < 1.29 is 14.6 Å². The van der Waals surface area contributed by atoms with Crippen LogP contribution < -0.4 is 0 Å². The van der Waals surface area contributed by atoms with Crippen LogP contribution in [-0.2, 0) is 4.74 Å². The Balaban J connectivity index is 2.60. The van der Waals surface area contributed by atoms with Gasteiger partial charge in [-0.1, -0.05) is 11.6 Å². The van der Waals surface area contributed by atoms with E-state index in [1.54, 1.807) is 31.3 Å². The minimum absolute atomic E-state index is 0.156. The molecule has 1 aromatic carbocycles. The van der Waals surface area contributed by atoms with Crippen molar-refractivity contribution in [3.63, 3.8) is 0 Å². The second kappa shape index (κ2) is 6.59. The largest absolute Gasteiger partial charge is 0.389 e. The number of likely N-dealkylation sites (N-methyl/N-ethyl adjacent to an activating group) is 1. The average molecular weight is 258 g/mol. The lowest BCUT2D eigenvalue weighted by Crippen LogP contribution is -2.36. The fourth-order valence-electron chi connectivity index (χ4n) is 1.46. The van der Waals surface area contributed by atoms with E-state index in [2.05, 4.69) is 0 Å². The Morgan fingerprint density at radius 1 is 1.47 bits per heavy atom. The van der Waals surface area contributed by atoms with Crippen LogP contribution in [0.1, 0.15) is 10.4 Å². The van der Waals surface area contributed by atoms with E-state index in [0.717, 1.165) is 0 Å². The number of methoxy groups -OCH3 is 1. The molecule has 0 aliphatic carbocycles. The smallest absolute Gasteiger partial charge is 0.253 e. The number of carbonyl (C=O) groups excluding carboxylic acids is 1. The van der Waals surface area contributed by atoms with E-state index in [1.807, 2.05) is 0 Å². The van der Waals surface area contributed by atoms with Gasteiger partial charge >= 0.3 is 0 Å². The van der Waals surface area contributed by atoms with Crippen LogP contribution in [0.5, 0.6) is 0 Å². The van der Waals surface area contributed by atoms with Gasteiger partial charge in [0.1, 0.15) is 0 Å². The molecular formula is C12H16ClNO3. The first kappa shape index (κ1) is 14.0. The zero-order chi connectivity index (χ0) is 12.8. The molecular weight excluding hydrogens is 242 g/mol. The predicted molar refractivity (Wildman–Crippen MR) is 66.3 cm³/mol. The molecule has 1 amide bonds. The first-order valence-corrected chi connectivity index (χ1v) is 5.60. The number of ether oxygens (including phenoxy) is 1. The molecule has 4 nitrogen and oxygen atoms in total. The molecule has 94 valence electrons. The molecule has 5 heteroatoms. The lowest BCUT2D eigenvalue weighted by atomic mass is 10.2. The van der Waals surface area contributed by atoms with Crippen molar-refractivity contribution in [3.05, 3.63) is 34.9 Å². The fourth-order valence-corrected chi connectivity index (χ4v) is 1.58. The fraction of sp³-hybridized carbons (Fsp3) is 0.417. The first-order chi connectivity index (χ1) is 8.04. The highest BCUT2D eigenvalue weighted by Gasteiger charge is 2.15. The van der Waals surface area contributed by atoms with Crippen LogP contribution in [0.3, 0.4) is 0 Å². The first-order valence-electron chi connectivity index (χ1n) is 5.22. The van der Waals surface area contributed by atoms with E-state index in [1.165, 1.54) is 12.0 Å². The van der Waals surface area contributed by atoms with Gasteiger partial charge in [-0.15, -0.1) is 0 Å². The molecule has 0 bridgehead atoms. The van der Waals surface area contributed by atoms with E-state index in [0.29, 0.717) is 10.6 Å². The summed E-state index contributed by atoms with van der Waals surface area (Å²) in [5.74, 6) is -0.156. The number of amides is 1. The van der Waals surface area contributed by atoms with Gasteiger partial charge < -0.3 is 14.7 Å². The number of halogens is 1. The zero-order valence-electron chi connectivity index (χ0n) is 9.89. The Bertz CT molecular complexity index is 367. The summed E-state index contributed by atoms with van der Waals surface area (Å²) in [4.78, 5) is 13.4. The number of hydrogen-bond acceptors (Lipinski definition) is 3. The van der Waals surface area contributed by atoms with Gasteiger partial charge in [0.2, 0.25) is 0 Å². The monoisotopic (exact) mass is 257 g/mol. The van der Waals surface area contributed by atoms with Gasteiger partial charge in [0, 0.05) is 31.3 Å². The predicted octanol–water partition coefficient (Wildman–Crippen LogP) is 1.42. The maximum absolute atomic E-state index is 11.9. The number of rotatable bonds is 5. The molecule has 1 atom stereocenters. The summed E-state index contributed by atoms with van der Waals surface area (Å²) in [7, 11) is 3.14. The number of hydrogen-bond donors (Lipinski definition) is 1. The third-order valence-electron chi connectivity index (χ3n) is 2.28. The molecule has 0 aliphatic rings. The summed E-state index contributed by atoms with van der Waals surface area (Å²) < 4.78 is 4.80. The van der Waals surface area contributed by atoms with Gasteiger partial charge in [-0.2, -0.15) is 0 Å². The van der Waals surface area contributed by atoms with Crippen LogP contribution in [0, 0.1) is 0 Å². The van der Waals surface area contributed by atoms with Gasteiger partial charge in [-0.05, 0) is 24.3 Å². The lowest BCUT2D eigenvalue weighted by Gasteiger charge is -2.20. The van der Waals surface area contributed by atoms with E-state index < -0.39 is 6.10 Å². The summed E-state index contributed by atoms with van der Waals surface area (Å²) in [6.07, 6.45) is -0.679. The van der Waals surface area contributed by atoms with Crippen LogP contribution in [0.15, 0.2) is 24.3 Å². The Morgan fingerprint density at radius 3 is 2.59 bits per heavy atom. The van der Waals surface area contributed by atoms with Gasteiger partial charge in [0.25, 0.3) is 5.91 Å². The quantitative estimate of drug-likeness (QED) is 0.868. The van der Waals surface area contributed by atoms with Crippen LogP contribution in [0.2, 0.25) is 5.02 Å². The molecule has 1 rings (SSSR count). The third kappa shape index (κ3) is 4.34. The van der Waals surface area contributed by atoms with Crippen LogP contribution >= 0.6 is 11.6 Å². The minimum Gasteiger partial charge on any atom is -0.389 e. The standard InChI is InChI=1S/C12H16ClNO3/c1-14(7-11(15)8-17-2)12(16)9-3-5-10(13)6-4-9/h3-6,11,15H,7-8H2,1-2H3. The van der Waals surface area contributed by atoms with E-state index in [4.69, 9.17) is 16.3 Å². The summed E-state index contributed by atoms with van der Waals surface area (Å²) >= 11 is 5.74. The summed E-state index contributed by atoms with van der Waals surface area (Å²) in [6, 6.07) is 6.64. The van der Waals surface area contributed by atoms with Crippen molar-refractivity contribution in [3.8, 4) is 0 Å². The third-order valence-corrected chi connectivity index (χ3v) is 2.53. The number of benzene rings is 1. The van der Waals surface area contributed by atoms with Gasteiger partial charge in [0.05, 0.1) is 12.7 Å². The lowest BCUT2D eigenvalue weighted by molar-refractivity contribution is 0.0380. The summed E-state index contributed by atoms with van der Waals surface area (Å²) in [5, 5.41) is 10.1. The molecule has 17 heavy (non-hydrogen) atoms. The van der Waals surface area contributed by atoms with Crippen LogP contribution in [0.4, 0.5) is 0 Å². The Hall–Kier alpha value is -1.10. The highest BCUT2D eigenvalue weighted by atomic mass is 35.5. The molecule has 0 spiro atoms. The highest BCUT2D eigenvalue weighted by molar-refractivity contribution is 6.30. The van der Waals surface area contributed by atoms with Crippen molar-refractivity contribution in [1.29, 1.82) is 0 Å². The Labute approximate surface area is 106 Å². The molecule has 1 N–H and O–H groups in total. The van der Waals surface area contributed by atoms with Gasteiger partial charge in [0.15, 0.2) is 0 Å². The maximum atomic E-state index is 11.9. The minimum atomic E-state index is -0.679. The second-order valence-corrected chi connectivity index (χ2v) is 4.24. The van der Waals surface area contributed by atoms with Crippen molar-refractivity contribution in [2.45, 2.75) is 6.10 Å². The van der Waals surface area contributed by atoms with E-state index >= 15 is 0 Å². The molecule has 0 saturated carbocycles. The Morgan fingerprint density at radius 2 is 2.06 bits per heavy atom. The number of aliphatic hydroxyl groups is 1. The molecule has 1 aromatic rings. The van der Waals surface area contributed by atoms with E-state index in [-0.39, 0.29) is 19.1 Å². The topological polar surface area (TPSA) is 49.8 Å². The van der Waals surface area contributed by atoms with Crippen LogP contribution in [-0.4, -0.2) is 49.3 Å². The SMILES string of the molecule is COCC(O)CN(C)C(=O)c1ccc(Cl)cc1. The maximum Gasteiger partial charge on any atom is 0.253 e. The number of nitrogens with zero attached hydrogens (tertiary/aromatic N) is 1. The van der Waals surface area contributed by atoms with Crippen molar-refractivity contribution in [2.75, 3.05) is 27.3 Å². The summed E-state index contributed by atoms with van der Waals surface area (Å²) in [5.41, 5.74) is 0.543.